The van der Waals surface area contributed by atoms with Gasteiger partial charge < -0.3 is 15.2 Å². The van der Waals surface area contributed by atoms with Crippen LogP contribution in [0.2, 0.25) is 0 Å². The van der Waals surface area contributed by atoms with E-state index in [0.29, 0.717) is 6.54 Å². The van der Waals surface area contributed by atoms with Crippen LogP contribution in [-0.4, -0.2) is 39.4 Å². The molecule has 9 nitrogen and oxygen atoms in total. The van der Waals surface area contributed by atoms with Crippen LogP contribution in [0.1, 0.15) is 21.6 Å². The molecule has 0 aliphatic heterocycles. The lowest BCUT2D eigenvalue weighted by Crippen LogP contribution is -2.33. The van der Waals surface area contributed by atoms with E-state index < -0.39 is 17.2 Å². The predicted octanol–water partition coefficient (Wildman–Crippen LogP) is 0.462. The maximum Gasteiger partial charge on any atom is 0.325 e. The molecule has 0 aromatic carbocycles. The van der Waals surface area contributed by atoms with Crippen molar-refractivity contribution in [2.24, 2.45) is 0 Å². The maximum absolute atomic E-state index is 12.2. The number of likely N-dealkylation sites (N-methyl/N-ethyl adjacent to an activating group) is 1. The van der Waals surface area contributed by atoms with Crippen LogP contribution >= 0.6 is 0 Å². The zero-order chi connectivity index (χ0) is 19.9. The molecular weight excluding hydrogens is 360 g/mol. The van der Waals surface area contributed by atoms with Gasteiger partial charge in [0.25, 0.3) is 11.5 Å². The highest BCUT2D eigenvalue weighted by atomic mass is 16.2. The highest BCUT2D eigenvalue weighted by Gasteiger charge is 2.13. The molecule has 3 aromatic rings. The van der Waals surface area contributed by atoms with Gasteiger partial charge in [-0.3, -0.25) is 19.6 Å². The lowest BCUT2D eigenvalue weighted by molar-refractivity contribution is 0.0949. The second kappa shape index (κ2) is 8.76. The zero-order valence-corrected chi connectivity index (χ0v) is 15.3. The van der Waals surface area contributed by atoms with Crippen LogP contribution in [0.15, 0.2) is 58.5 Å². The summed E-state index contributed by atoms with van der Waals surface area (Å²) in [6.07, 6.45) is 5.30. The number of carbonyl (C=O) groups is 1. The van der Waals surface area contributed by atoms with Gasteiger partial charge in [-0.15, -0.1) is 0 Å². The zero-order valence-electron chi connectivity index (χ0n) is 15.3. The summed E-state index contributed by atoms with van der Waals surface area (Å²) < 4.78 is 0. The van der Waals surface area contributed by atoms with Crippen LogP contribution in [-0.2, 0) is 13.0 Å². The summed E-state index contributed by atoms with van der Waals surface area (Å²) in [5, 5.41) is 2.68. The van der Waals surface area contributed by atoms with Crippen molar-refractivity contribution in [1.29, 1.82) is 0 Å². The van der Waals surface area contributed by atoms with Crippen molar-refractivity contribution in [2.45, 2.75) is 13.0 Å². The van der Waals surface area contributed by atoms with Crippen molar-refractivity contribution < 1.29 is 4.79 Å². The van der Waals surface area contributed by atoms with Crippen LogP contribution in [0.3, 0.4) is 0 Å². The molecule has 3 heterocycles. The van der Waals surface area contributed by atoms with Gasteiger partial charge >= 0.3 is 5.69 Å². The summed E-state index contributed by atoms with van der Waals surface area (Å²) in [5.41, 5.74) is 0.233. The molecule has 0 spiro atoms. The SMILES string of the molecule is CN(CCc1ccccn1)c1ncccc1CNC(=O)c1c[nH]c(=O)[nH]c1=O. The van der Waals surface area contributed by atoms with Crippen LogP contribution in [0, 0.1) is 0 Å². The molecule has 3 rings (SSSR count). The van der Waals surface area contributed by atoms with Gasteiger partial charge in [0.2, 0.25) is 0 Å². The molecule has 3 N–H and O–H groups in total. The Labute approximate surface area is 160 Å². The topological polar surface area (TPSA) is 124 Å². The minimum atomic E-state index is -0.736. The van der Waals surface area contributed by atoms with Crippen molar-refractivity contribution >= 4 is 11.7 Å². The average molecular weight is 380 g/mol. The number of nitrogens with zero attached hydrogens (tertiary/aromatic N) is 3. The van der Waals surface area contributed by atoms with Crippen molar-refractivity contribution in [2.75, 3.05) is 18.5 Å². The summed E-state index contributed by atoms with van der Waals surface area (Å²) in [6.45, 7) is 0.892. The van der Waals surface area contributed by atoms with Crippen LogP contribution in [0.4, 0.5) is 5.82 Å². The smallest absolute Gasteiger partial charge is 0.325 e. The Morgan fingerprint density at radius 1 is 1.14 bits per heavy atom. The maximum atomic E-state index is 12.2. The Kier molecular flexibility index (Phi) is 5.95. The third-order valence-corrected chi connectivity index (χ3v) is 4.16. The Morgan fingerprint density at radius 2 is 1.96 bits per heavy atom. The molecule has 0 bridgehead atoms. The summed E-state index contributed by atoms with van der Waals surface area (Å²) in [4.78, 5) is 50.1. The summed E-state index contributed by atoms with van der Waals surface area (Å²) >= 11 is 0. The highest BCUT2D eigenvalue weighted by molar-refractivity contribution is 5.93. The fraction of sp³-hybridized carbons (Fsp3) is 0.211. The molecule has 0 atom stereocenters. The minimum Gasteiger partial charge on any atom is -0.359 e. The van der Waals surface area contributed by atoms with Gasteiger partial charge in [0.15, 0.2) is 0 Å². The van der Waals surface area contributed by atoms with E-state index in [1.54, 1.807) is 18.5 Å². The number of rotatable bonds is 7. The van der Waals surface area contributed by atoms with Crippen LogP contribution in [0.5, 0.6) is 0 Å². The molecule has 0 radical (unpaired) electrons. The Morgan fingerprint density at radius 3 is 2.71 bits per heavy atom. The third kappa shape index (κ3) is 4.70. The molecule has 28 heavy (non-hydrogen) atoms. The minimum absolute atomic E-state index is 0.159. The summed E-state index contributed by atoms with van der Waals surface area (Å²) in [5.74, 6) is 0.151. The molecule has 144 valence electrons. The van der Waals surface area contributed by atoms with E-state index in [1.165, 1.54) is 0 Å². The molecule has 1 amide bonds. The summed E-state index contributed by atoms with van der Waals surface area (Å²) in [7, 11) is 1.92. The number of nitrogens with one attached hydrogen (secondary N) is 3. The molecule has 0 fully saturated rings. The number of aromatic nitrogens is 4. The number of carbonyl (C=O) groups excluding carboxylic acids is 1. The van der Waals surface area contributed by atoms with E-state index >= 15 is 0 Å². The number of hydrogen-bond acceptors (Lipinski definition) is 6. The van der Waals surface area contributed by atoms with E-state index in [1.807, 2.05) is 41.2 Å². The molecule has 0 saturated heterocycles. The molecule has 3 aromatic heterocycles. The van der Waals surface area contributed by atoms with Gasteiger partial charge in [-0.1, -0.05) is 12.1 Å². The predicted molar refractivity (Wildman–Crippen MR) is 104 cm³/mol. The first-order chi connectivity index (χ1) is 13.5. The van der Waals surface area contributed by atoms with Crippen molar-refractivity contribution in [3.05, 3.63) is 86.6 Å². The number of anilines is 1. The van der Waals surface area contributed by atoms with Gasteiger partial charge in [0.1, 0.15) is 11.4 Å². The first-order valence-corrected chi connectivity index (χ1v) is 8.70. The molecular formula is C19H20N6O3. The van der Waals surface area contributed by atoms with Gasteiger partial charge in [-0.2, -0.15) is 0 Å². The van der Waals surface area contributed by atoms with E-state index in [9.17, 15) is 14.4 Å². The highest BCUT2D eigenvalue weighted by Crippen LogP contribution is 2.16. The number of pyridine rings is 2. The van der Waals surface area contributed by atoms with Gasteiger partial charge in [0, 0.05) is 56.4 Å². The molecule has 0 aliphatic rings. The van der Waals surface area contributed by atoms with Crippen LogP contribution < -0.4 is 21.5 Å². The normalized spacial score (nSPS) is 10.5. The lowest BCUT2D eigenvalue weighted by atomic mass is 10.2. The average Bonchev–Trinajstić information content (AvgIpc) is 2.71. The van der Waals surface area contributed by atoms with Gasteiger partial charge in [-0.05, 0) is 18.2 Å². The first kappa shape index (κ1) is 19.0. The van der Waals surface area contributed by atoms with Gasteiger partial charge in [-0.25, -0.2) is 9.78 Å². The number of hydrogen-bond donors (Lipinski definition) is 3. The second-order valence-electron chi connectivity index (χ2n) is 6.15. The van der Waals surface area contributed by atoms with Gasteiger partial charge in [0.05, 0.1) is 0 Å². The summed E-state index contributed by atoms with van der Waals surface area (Å²) in [6, 6.07) is 9.43. The molecule has 0 saturated carbocycles. The third-order valence-electron chi connectivity index (χ3n) is 4.16. The molecule has 9 heteroatoms. The van der Waals surface area contributed by atoms with E-state index in [4.69, 9.17) is 0 Å². The second-order valence-corrected chi connectivity index (χ2v) is 6.15. The number of H-pyrrole nitrogens is 2. The first-order valence-electron chi connectivity index (χ1n) is 8.70. The number of amides is 1. The van der Waals surface area contributed by atoms with E-state index in [2.05, 4.69) is 20.3 Å². The van der Waals surface area contributed by atoms with Crippen molar-refractivity contribution in [3.8, 4) is 0 Å². The largest absolute Gasteiger partial charge is 0.359 e. The Hall–Kier alpha value is -3.75. The fourth-order valence-electron chi connectivity index (χ4n) is 2.70. The van der Waals surface area contributed by atoms with E-state index in [0.717, 1.165) is 29.7 Å². The molecule has 0 aliphatic carbocycles. The standard InChI is InChI=1S/C19H20N6O3/c1-25(10-7-14-6-2-3-8-20-14)16-13(5-4-9-21-16)11-22-17(26)15-12-23-19(28)24-18(15)27/h2-6,8-9,12H,7,10-11H2,1H3,(H,22,26)(H2,23,24,27,28). The number of aromatic amines is 2. The van der Waals surface area contributed by atoms with E-state index in [-0.39, 0.29) is 12.1 Å². The van der Waals surface area contributed by atoms with Crippen molar-refractivity contribution in [1.82, 2.24) is 25.3 Å². The van der Waals surface area contributed by atoms with Crippen molar-refractivity contribution in [3.63, 3.8) is 0 Å². The Balaban J connectivity index is 1.67. The fourth-order valence-corrected chi connectivity index (χ4v) is 2.70. The lowest BCUT2D eigenvalue weighted by Gasteiger charge is -2.21. The Bertz CT molecular complexity index is 1060. The quantitative estimate of drug-likeness (QED) is 0.547. The monoisotopic (exact) mass is 380 g/mol. The molecule has 0 unspecified atom stereocenters. The van der Waals surface area contributed by atoms with Crippen LogP contribution in [0.25, 0.3) is 0 Å².